The molecule has 0 aromatic heterocycles. The normalized spacial score (nSPS) is 23.5. The first-order valence-corrected chi connectivity index (χ1v) is 3.35. The van der Waals surface area contributed by atoms with Crippen molar-refractivity contribution in [1.29, 1.82) is 0 Å². The maximum absolute atomic E-state index is 9.47. The number of rotatable bonds is 2. The van der Waals surface area contributed by atoms with Crippen LogP contribution in [0.25, 0.3) is 0 Å². The largest absolute Gasteiger partial charge is 0.393 e. The third-order valence-electron chi connectivity index (χ3n) is 1.79. The summed E-state index contributed by atoms with van der Waals surface area (Å²) in [6.45, 7) is 1.42. The highest BCUT2D eigenvalue weighted by Gasteiger charge is 2.27. The zero-order chi connectivity index (χ0) is 7.61. The van der Waals surface area contributed by atoms with E-state index >= 15 is 0 Å². The second-order valence-corrected chi connectivity index (χ2v) is 2.81. The summed E-state index contributed by atoms with van der Waals surface area (Å²) in [7, 11) is 0. The van der Waals surface area contributed by atoms with Crippen molar-refractivity contribution in [2.75, 3.05) is 6.61 Å². The van der Waals surface area contributed by atoms with Gasteiger partial charge in [-0.3, -0.25) is 0 Å². The molecule has 0 heterocycles. The molecule has 0 saturated heterocycles. The van der Waals surface area contributed by atoms with Crippen molar-refractivity contribution in [3.8, 4) is 0 Å². The molecule has 0 amide bonds. The lowest BCUT2D eigenvalue weighted by Gasteiger charge is -2.24. The highest BCUT2D eigenvalue weighted by atomic mass is 16.3. The van der Waals surface area contributed by atoms with E-state index in [4.69, 9.17) is 5.11 Å². The standard InChI is InChI=1S/C8H12O2/c1-8(10,6-9)7-4-2-3-5-7/h2-5,7,9-10H,6H2,1H3/t8-/m1/s1. The van der Waals surface area contributed by atoms with Gasteiger partial charge in [-0.05, 0) is 6.92 Å². The fourth-order valence-corrected chi connectivity index (χ4v) is 0.952. The monoisotopic (exact) mass is 140 g/mol. The van der Waals surface area contributed by atoms with Gasteiger partial charge in [-0.15, -0.1) is 0 Å². The quantitative estimate of drug-likeness (QED) is 0.585. The van der Waals surface area contributed by atoms with E-state index in [2.05, 4.69) is 0 Å². The molecule has 1 aliphatic rings. The number of allylic oxidation sites excluding steroid dienone is 2. The van der Waals surface area contributed by atoms with Crippen molar-refractivity contribution in [1.82, 2.24) is 0 Å². The van der Waals surface area contributed by atoms with Crippen LogP contribution < -0.4 is 0 Å². The van der Waals surface area contributed by atoms with Crippen molar-refractivity contribution in [2.45, 2.75) is 12.5 Å². The lowest BCUT2D eigenvalue weighted by atomic mass is 9.91. The Kier molecular flexibility index (Phi) is 1.92. The molecule has 0 aliphatic heterocycles. The Balaban J connectivity index is 2.64. The minimum Gasteiger partial charge on any atom is -0.393 e. The number of aliphatic hydroxyl groups is 2. The van der Waals surface area contributed by atoms with Gasteiger partial charge in [-0.1, -0.05) is 24.3 Å². The van der Waals surface area contributed by atoms with Gasteiger partial charge in [0, 0.05) is 5.92 Å². The van der Waals surface area contributed by atoms with Gasteiger partial charge in [-0.25, -0.2) is 0 Å². The fourth-order valence-electron chi connectivity index (χ4n) is 0.952. The predicted molar refractivity (Wildman–Crippen MR) is 39.5 cm³/mol. The lowest BCUT2D eigenvalue weighted by Crippen LogP contribution is -2.35. The summed E-state index contributed by atoms with van der Waals surface area (Å²) in [5.41, 5.74) is -0.997. The van der Waals surface area contributed by atoms with Crippen LogP contribution in [0.2, 0.25) is 0 Å². The van der Waals surface area contributed by atoms with Gasteiger partial charge in [-0.2, -0.15) is 0 Å². The Bertz CT molecular complexity index is 156. The number of hydrogen-bond acceptors (Lipinski definition) is 2. The summed E-state index contributed by atoms with van der Waals surface area (Å²) in [4.78, 5) is 0. The molecule has 2 heteroatoms. The first-order valence-electron chi connectivity index (χ1n) is 3.35. The molecular weight excluding hydrogens is 128 g/mol. The second kappa shape index (κ2) is 2.56. The maximum atomic E-state index is 9.47. The summed E-state index contributed by atoms with van der Waals surface area (Å²) in [6, 6.07) is 0. The lowest BCUT2D eigenvalue weighted by molar-refractivity contribution is -0.0179. The molecule has 2 N–H and O–H groups in total. The van der Waals surface area contributed by atoms with Gasteiger partial charge in [0.15, 0.2) is 0 Å². The molecule has 0 fully saturated rings. The van der Waals surface area contributed by atoms with Crippen LogP contribution in [0.1, 0.15) is 6.92 Å². The van der Waals surface area contributed by atoms with Crippen LogP contribution in [0, 0.1) is 5.92 Å². The Morgan fingerprint density at radius 1 is 1.40 bits per heavy atom. The highest BCUT2D eigenvalue weighted by molar-refractivity contribution is 5.21. The zero-order valence-electron chi connectivity index (χ0n) is 5.99. The van der Waals surface area contributed by atoms with Gasteiger partial charge < -0.3 is 10.2 Å². The second-order valence-electron chi connectivity index (χ2n) is 2.81. The smallest absolute Gasteiger partial charge is 0.0946 e. The van der Waals surface area contributed by atoms with Gasteiger partial charge >= 0.3 is 0 Å². The van der Waals surface area contributed by atoms with Crippen molar-refractivity contribution < 1.29 is 10.2 Å². The molecule has 0 aromatic rings. The fraction of sp³-hybridized carbons (Fsp3) is 0.500. The van der Waals surface area contributed by atoms with Crippen LogP contribution in [0.3, 0.4) is 0 Å². The van der Waals surface area contributed by atoms with Crippen molar-refractivity contribution in [3.05, 3.63) is 24.3 Å². The Morgan fingerprint density at radius 2 is 1.90 bits per heavy atom. The summed E-state index contributed by atoms with van der Waals surface area (Å²) >= 11 is 0. The molecule has 1 rings (SSSR count). The molecule has 0 radical (unpaired) electrons. The topological polar surface area (TPSA) is 40.5 Å². The first-order chi connectivity index (χ1) is 4.67. The Morgan fingerprint density at radius 3 is 2.30 bits per heavy atom. The van der Waals surface area contributed by atoms with Crippen LogP contribution in [0.15, 0.2) is 24.3 Å². The average Bonchev–Trinajstić information content (AvgIpc) is 2.38. The van der Waals surface area contributed by atoms with E-state index in [-0.39, 0.29) is 12.5 Å². The van der Waals surface area contributed by atoms with Crippen LogP contribution >= 0.6 is 0 Å². The molecule has 2 nitrogen and oxygen atoms in total. The third kappa shape index (κ3) is 1.28. The zero-order valence-corrected chi connectivity index (χ0v) is 5.99. The molecule has 10 heavy (non-hydrogen) atoms. The molecule has 56 valence electrons. The number of aliphatic hydroxyl groups excluding tert-OH is 1. The van der Waals surface area contributed by atoms with E-state index in [9.17, 15) is 5.11 Å². The molecule has 0 spiro atoms. The third-order valence-corrected chi connectivity index (χ3v) is 1.79. The summed E-state index contributed by atoms with van der Waals surface area (Å²) in [5, 5.41) is 18.2. The molecule has 0 aromatic carbocycles. The van der Waals surface area contributed by atoms with Gasteiger partial charge in [0.25, 0.3) is 0 Å². The SMILES string of the molecule is C[C@@](O)(CO)C1C=CC=C1. The summed E-state index contributed by atoms with van der Waals surface area (Å²) in [6.07, 6.45) is 7.48. The van der Waals surface area contributed by atoms with E-state index in [1.165, 1.54) is 0 Å². The average molecular weight is 140 g/mol. The van der Waals surface area contributed by atoms with E-state index in [0.29, 0.717) is 0 Å². The van der Waals surface area contributed by atoms with Gasteiger partial charge in [0.2, 0.25) is 0 Å². The highest BCUT2D eigenvalue weighted by Crippen LogP contribution is 2.22. The molecule has 1 aliphatic carbocycles. The summed E-state index contributed by atoms with van der Waals surface area (Å²) in [5.74, 6) is -0.0301. The van der Waals surface area contributed by atoms with Crippen LogP contribution in [-0.2, 0) is 0 Å². The van der Waals surface area contributed by atoms with Gasteiger partial charge in [0.05, 0.1) is 12.2 Å². The molecular formula is C8H12O2. The molecule has 0 bridgehead atoms. The minimum absolute atomic E-state index is 0.0301. The Hall–Kier alpha value is -0.600. The van der Waals surface area contributed by atoms with Crippen LogP contribution in [-0.4, -0.2) is 22.4 Å². The maximum Gasteiger partial charge on any atom is 0.0946 e. The van der Waals surface area contributed by atoms with Crippen molar-refractivity contribution in [3.63, 3.8) is 0 Å². The Labute approximate surface area is 60.5 Å². The minimum atomic E-state index is -0.997. The number of hydrogen-bond donors (Lipinski definition) is 2. The van der Waals surface area contributed by atoms with E-state index in [1.54, 1.807) is 6.92 Å². The molecule has 1 atom stereocenters. The first kappa shape index (κ1) is 7.51. The summed E-state index contributed by atoms with van der Waals surface area (Å²) < 4.78 is 0. The van der Waals surface area contributed by atoms with E-state index < -0.39 is 5.60 Å². The van der Waals surface area contributed by atoms with Crippen molar-refractivity contribution in [2.24, 2.45) is 5.92 Å². The van der Waals surface area contributed by atoms with Crippen molar-refractivity contribution >= 4 is 0 Å². The van der Waals surface area contributed by atoms with Crippen LogP contribution in [0.4, 0.5) is 0 Å². The van der Waals surface area contributed by atoms with Gasteiger partial charge in [0.1, 0.15) is 0 Å². The molecule has 0 saturated carbocycles. The predicted octanol–water partition coefficient (Wildman–Crippen LogP) is 0.472. The molecule has 0 unspecified atom stereocenters. The van der Waals surface area contributed by atoms with E-state index in [0.717, 1.165) is 0 Å². The van der Waals surface area contributed by atoms with Crippen LogP contribution in [0.5, 0.6) is 0 Å². The van der Waals surface area contributed by atoms with E-state index in [1.807, 2.05) is 24.3 Å².